The van der Waals surface area contributed by atoms with E-state index in [0.29, 0.717) is 50.5 Å². The zero-order chi connectivity index (χ0) is 43.7. The van der Waals surface area contributed by atoms with Crippen molar-refractivity contribution in [2.75, 3.05) is 19.8 Å². The largest absolute Gasteiger partial charge is 0.394 e. The van der Waals surface area contributed by atoms with Crippen molar-refractivity contribution < 1.29 is 79.6 Å². The van der Waals surface area contributed by atoms with Crippen LogP contribution in [-0.2, 0) is 28.5 Å². The third-order valence-corrected chi connectivity index (χ3v) is 12.6. The molecule has 1 saturated carbocycles. The summed E-state index contributed by atoms with van der Waals surface area (Å²) >= 11 is 0. The lowest BCUT2D eigenvalue weighted by atomic mass is 9.54. The number of ketones is 1. The molecule has 16 heteroatoms. The molecule has 0 amide bonds. The average molecular weight is 831 g/mol. The Kier molecular flexibility index (Phi) is 18.8. The molecule has 2 aliphatic heterocycles. The maximum Gasteiger partial charge on any atom is 0.187 e. The monoisotopic (exact) mass is 830 g/mol. The number of carbonyl (C=O) groups excluding carboxylic acids is 2. The normalized spacial score (nSPS) is 38.1. The maximum absolute atomic E-state index is 12.3. The van der Waals surface area contributed by atoms with Gasteiger partial charge >= 0.3 is 0 Å². The van der Waals surface area contributed by atoms with Crippen molar-refractivity contribution in [1.29, 1.82) is 0 Å². The summed E-state index contributed by atoms with van der Waals surface area (Å²) in [5.74, 6) is -0.578. The summed E-state index contributed by atoms with van der Waals surface area (Å²) in [6, 6.07) is 0. The van der Waals surface area contributed by atoms with E-state index < -0.39 is 97.3 Å². The Morgan fingerprint density at radius 1 is 0.879 bits per heavy atom. The number of aliphatic hydroxyl groups excluding tert-OH is 8. The number of hydrogen-bond donors (Lipinski definition) is 10. The lowest BCUT2D eigenvalue weighted by Crippen LogP contribution is -2.59. The van der Waals surface area contributed by atoms with Crippen LogP contribution in [-0.4, -0.2) is 162 Å². The Morgan fingerprint density at radius 2 is 1.45 bits per heavy atom. The average Bonchev–Trinajstić information content (AvgIpc) is 3.17. The number of carbonyl (C=O) groups is 2. The maximum atomic E-state index is 12.3. The molecule has 58 heavy (non-hydrogen) atoms. The fourth-order valence-corrected chi connectivity index (χ4v) is 8.22. The van der Waals surface area contributed by atoms with Crippen LogP contribution in [0, 0.1) is 11.3 Å². The molecule has 0 aromatic heterocycles. The van der Waals surface area contributed by atoms with Gasteiger partial charge < -0.3 is 70.0 Å². The Labute approximate surface area is 341 Å². The molecule has 1 aliphatic carbocycles. The zero-order valence-corrected chi connectivity index (χ0v) is 35.1. The minimum absolute atomic E-state index is 0.0691. The van der Waals surface area contributed by atoms with Crippen LogP contribution in [0.25, 0.3) is 0 Å². The van der Waals surface area contributed by atoms with Crippen LogP contribution in [0.5, 0.6) is 0 Å². The smallest absolute Gasteiger partial charge is 0.187 e. The number of aldehydes is 1. The molecule has 3 fully saturated rings. The van der Waals surface area contributed by atoms with Crippen LogP contribution < -0.4 is 0 Å². The Morgan fingerprint density at radius 3 is 2.00 bits per heavy atom. The molecule has 0 radical (unpaired) electrons. The fourth-order valence-electron chi connectivity index (χ4n) is 8.22. The molecule has 2 saturated heterocycles. The number of rotatable bonds is 20. The molecule has 16 nitrogen and oxygen atoms in total. The van der Waals surface area contributed by atoms with Gasteiger partial charge in [0.1, 0.15) is 60.7 Å². The van der Waals surface area contributed by atoms with Gasteiger partial charge in [-0.2, -0.15) is 0 Å². The van der Waals surface area contributed by atoms with Gasteiger partial charge in [-0.15, -0.1) is 0 Å². The van der Waals surface area contributed by atoms with E-state index in [2.05, 4.69) is 0 Å². The number of hydrogen-bond acceptors (Lipinski definition) is 16. The molecule has 0 unspecified atom stereocenters. The van der Waals surface area contributed by atoms with Crippen LogP contribution in [0.3, 0.4) is 0 Å². The molecular weight excluding hydrogens is 760 g/mol. The number of aliphatic hydroxyl groups is 10. The molecule has 3 rings (SSSR count). The predicted molar refractivity (Wildman–Crippen MR) is 210 cm³/mol. The third-order valence-electron chi connectivity index (χ3n) is 12.6. The standard InChI is InChI=1S/C42H70O16/c1-23(13-15-31(46)40(4,5)53)12-14-28(56-39-37(52)35(50)33(48)30(22-45)58-39)24(2)10-8-17-41(6)27(26(25(3)20-43)16-18-42(41,7)54)11-9-19-55-38-36(51)34(49)32(47)29(21-44)57-38/h10,12,20,27-30,32-39,44-45,47-54H,8-9,11,13-19,21-22H2,1-7H3/b23-12+,24-10+,26-25-/t27-,28-,29-,30-,32+,33-,34+,35-,36+,37-,38+,39+,41+,42+/m1/s1. The molecule has 10 N–H and O–H groups in total. The van der Waals surface area contributed by atoms with Crippen LogP contribution in [0.15, 0.2) is 34.4 Å². The molecule has 0 aromatic rings. The summed E-state index contributed by atoms with van der Waals surface area (Å²) in [7, 11) is 0. The zero-order valence-electron chi connectivity index (χ0n) is 35.1. The van der Waals surface area contributed by atoms with E-state index in [4.69, 9.17) is 18.9 Å². The van der Waals surface area contributed by atoms with Crippen LogP contribution in [0.4, 0.5) is 0 Å². The number of Topliss-reactive ketones (excluding diaryl/α,β-unsaturated/α-hetero) is 1. The number of allylic oxidation sites excluding steroid dienone is 4. The first-order chi connectivity index (χ1) is 27.0. The van der Waals surface area contributed by atoms with Gasteiger partial charge in [-0.05, 0) is 110 Å². The van der Waals surface area contributed by atoms with Gasteiger partial charge in [0, 0.05) is 18.4 Å². The molecule has 3 aliphatic rings. The van der Waals surface area contributed by atoms with Gasteiger partial charge in [0.15, 0.2) is 18.4 Å². The van der Waals surface area contributed by atoms with Crippen molar-refractivity contribution in [3.05, 3.63) is 34.4 Å². The van der Waals surface area contributed by atoms with E-state index in [0.717, 1.165) is 23.0 Å². The molecular formula is C42H70O16. The van der Waals surface area contributed by atoms with Crippen molar-refractivity contribution in [3.8, 4) is 0 Å². The molecule has 334 valence electrons. The SMILES string of the molecule is C/C(C=O)=C1\CC[C@](C)(O)[C@@](C)(CC/C=C(\C)[C@@H](C/C=C(\C)CCC(=O)C(C)(C)O)O[C@H]2O[C@H](CO)[C@@H](O)[C@@H](O)[C@H]2O)[C@@H]1CCCO[C@H]1O[C@H](CO)[C@H](O)[C@H](O)[C@@H]1O. The van der Waals surface area contributed by atoms with E-state index >= 15 is 0 Å². The second kappa shape index (κ2) is 21.7. The highest BCUT2D eigenvalue weighted by atomic mass is 16.7. The first-order valence-corrected chi connectivity index (χ1v) is 20.4. The molecule has 2 heterocycles. The van der Waals surface area contributed by atoms with E-state index in [1.165, 1.54) is 13.8 Å². The second-order valence-corrected chi connectivity index (χ2v) is 17.4. The van der Waals surface area contributed by atoms with E-state index in [1.807, 2.05) is 32.9 Å². The van der Waals surface area contributed by atoms with Crippen molar-refractivity contribution in [2.24, 2.45) is 11.3 Å². The van der Waals surface area contributed by atoms with Crippen LogP contribution in [0.2, 0.25) is 0 Å². The summed E-state index contributed by atoms with van der Waals surface area (Å²) in [6.07, 6.45) is -7.07. The fraction of sp³-hybridized carbons (Fsp3) is 0.810. The topological polar surface area (TPSA) is 273 Å². The summed E-state index contributed by atoms with van der Waals surface area (Å²) in [5, 5.41) is 104. The van der Waals surface area contributed by atoms with Gasteiger partial charge in [-0.3, -0.25) is 9.59 Å². The van der Waals surface area contributed by atoms with Gasteiger partial charge in [0.2, 0.25) is 0 Å². The highest BCUT2D eigenvalue weighted by molar-refractivity contribution is 5.86. The number of ether oxygens (including phenoxy) is 4. The summed E-state index contributed by atoms with van der Waals surface area (Å²) < 4.78 is 23.1. The van der Waals surface area contributed by atoms with Gasteiger partial charge in [0.05, 0.1) is 24.9 Å². The first kappa shape index (κ1) is 50.4. The van der Waals surface area contributed by atoms with Gasteiger partial charge in [0.25, 0.3) is 0 Å². The Balaban J connectivity index is 1.84. The molecule has 14 atom stereocenters. The molecule has 0 bridgehead atoms. The van der Waals surface area contributed by atoms with Crippen LogP contribution >= 0.6 is 0 Å². The highest BCUT2D eigenvalue weighted by Gasteiger charge is 2.52. The van der Waals surface area contributed by atoms with Crippen molar-refractivity contribution in [2.45, 2.75) is 185 Å². The van der Waals surface area contributed by atoms with E-state index in [-0.39, 0.29) is 31.1 Å². The van der Waals surface area contributed by atoms with E-state index in [1.54, 1.807) is 13.8 Å². The van der Waals surface area contributed by atoms with Crippen molar-refractivity contribution >= 4 is 12.1 Å². The quantitative estimate of drug-likeness (QED) is 0.0349. The third kappa shape index (κ3) is 12.3. The minimum Gasteiger partial charge on any atom is -0.394 e. The highest BCUT2D eigenvalue weighted by Crippen LogP contribution is 2.55. The summed E-state index contributed by atoms with van der Waals surface area (Å²) in [4.78, 5) is 24.4. The summed E-state index contributed by atoms with van der Waals surface area (Å²) in [5.41, 5.74) is -0.313. The van der Waals surface area contributed by atoms with E-state index in [9.17, 15) is 60.7 Å². The molecule has 0 aromatic carbocycles. The van der Waals surface area contributed by atoms with Gasteiger partial charge in [-0.25, -0.2) is 0 Å². The molecule has 0 spiro atoms. The lowest BCUT2D eigenvalue weighted by Gasteiger charge is -2.53. The lowest BCUT2D eigenvalue weighted by molar-refractivity contribution is -0.308. The van der Waals surface area contributed by atoms with Crippen molar-refractivity contribution in [1.82, 2.24) is 0 Å². The Hall–Kier alpha value is -2.00. The minimum atomic E-state index is -1.64. The first-order valence-electron chi connectivity index (χ1n) is 20.4. The van der Waals surface area contributed by atoms with Gasteiger partial charge in [-0.1, -0.05) is 30.2 Å². The second-order valence-electron chi connectivity index (χ2n) is 17.4. The predicted octanol–water partition coefficient (Wildman–Crippen LogP) is 0.634. The van der Waals surface area contributed by atoms with Crippen molar-refractivity contribution in [3.63, 3.8) is 0 Å². The summed E-state index contributed by atoms with van der Waals surface area (Å²) in [6.45, 7) is 10.9. The van der Waals surface area contributed by atoms with Crippen LogP contribution in [0.1, 0.15) is 106 Å². The Bertz CT molecular complexity index is 1430.